The van der Waals surface area contributed by atoms with Crippen molar-refractivity contribution in [1.82, 2.24) is 4.90 Å². The van der Waals surface area contributed by atoms with Gasteiger partial charge in [-0.15, -0.1) is 11.6 Å². The zero-order chi connectivity index (χ0) is 12.3. The number of rotatable bonds is 3. The van der Waals surface area contributed by atoms with Crippen LogP contribution in [0, 0.1) is 11.3 Å². The molecule has 0 radical (unpaired) electrons. The van der Waals surface area contributed by atoms with Crippen LogP contribution >= 0.6 is 11.6 Å². The summed E-state index contributed by atoms with van der Waals surface area (Å²) in [4.78, 5) is 15.4. The van der Waals surface area contributed by atoms with Crippen LogP contribution in [0.1, 0.15) is 5.56 Å². The molecule has 0 unspecified atom stereocenters. The molecule has 1 heterocycles. The van der Waals surface area contributed by atoms with Gasteiger partial charge in [0.15, 0.2) is 0 Å². The fourth-order valence-electron chi connectivity index (χ4n) is 1.85. The largest absolute Gasteiger partial charge is 0.324 e. The van der Waals surface area contributed by atoms with Gasteiger partial charge in [0.25, 0.3) is 0 Å². The van der Waals surface area contributed by atoms with Crippen molar-refractivity contribution in [2.24, 2.45) is 0 Å². The standard InChI is InChI=1S/C12H12ClN3O/c13-5-6-15-7-8-16(12(15)17)11-3-1-10(9-14)2-4-11/h1-4H,5-8H2. The number of nitriles is 1. The van der Waals surface area contributed by atoms with Gasteiger partial charge in [-0.1, -0.05) is 0 Å². The molecule has 0 aromatic heterocycles. The van der Waals surface area contributed by atoms with E-state index in [9.17, 15) is 4.79 Å². The predicted octanol–water partition coefficient (Wildman–Crippen LogP) is 2.04. The normalized spacial score (nSPS) is 15.2. The van der Waals surface area contributed by atoms with Crippen LogP contribution < -0.4 is 4.90 Å². The number of hydrogen-bond donors (Lipinski definition) is 0. The minimum atomic E-state index is -0.0182. The van der Waals surface area contributed by atoms with Gasteiger partial charge in [0.05, 0.1) is 11.6 Å². The number of alkyl halides is 1. The van der Waals surface area contributed by atoms with E-state index in [1.165, 1.54) is 0 Å². The first kappa shape index (κ1) is 11.7. The third-order valence-electron chi connectivity index (χ3n) is 2.76. The lowest BCUT2D eigenvalue weighted by Gasteiger charge is -2.17. The molecule has 1 aromatic carbocycles. The summed E-state index contributed by atoms with van der Waals surface area (Å²) in [6.07, 6.45) is 0. The van der Waals surface area contributed by atoms with E-state index in [1.54, 1.807) is 34.1 Å². The highest BCUT2D eigenvalue weighted by Gasteiger charge is 2.28. The van der Waals surface area contributed by atoms with Crippen molar-refractivity contribution in [3.8, 4) is 6.07 Å². The van der Waals surface area contributed by atoms with Crippen LogP contribution in [0.15, 0.2) is 24.3 Å². The maximum atomic E-state index is 12.0. The van der Waals surface area contributed by atoms with E-state index in [0.717, 1.165) is 5.69 Å². The van der Waals surface area contributed by atoms with Crippen LogP contribution in [0.2, 0.25) is 0 Å². The summed E-state index contributed by atoms with van der Waals surface area (Å²) in [5.41, 5.74) is 1.42. The Morgan fingerprint density at radius 1 is 1.29 bits per heavy atom. The topological polar surface area (TPSA) is 47.3 Å². The van der Waals surface area contributed by atoms with Crippen LogP contribution in [0.3, 0.4) is 0 Å². The highest BCUT2D eigenvalue weighted by atomic mass is 35.5. The highest BCUT2D eigenvalue weighted by molar-refractivity contribution is 6.18. The second kappa shape index (κ2) is 5.07. The molecule has 1 aliphatic heterocycles. The van der Waals surface area contributed by atoms with Gasteiger partial charge in [0, 0.05) is 31.2 Å². The predicted molar refractivity (Wildman–Crippen MR) is 66.2 cm³/mol. The summed E-state index contributed by atoms with van der Waals surface area (Å²) in [5.74, 6) is 0.451. The molecule has 1 aliphatic rings. The molecule has 1 aromatic rings. The van der Waals surface area contributed by atoms with Crippen molar-refractivity contribution in [2.45, 2.75) is 0 Å². The number of benzene rings is 1. The number of carbonyl (C=O) groups is 1. The molecule has 2 amide bonds. The molecule has 5 heteroatoms. The first-order valence-corrected chi connectivity index (χ1v) is 5.92. The Labute approximate surface area is 105 Å². The summed E-state index contributed by atoms with van der Waals surface area (Å²) >= 11 is 5.63. The van der Waals surface area contributed by atoms with Crippen molar-refractivity contribution < 1.29 is 4.79 Å². The van der Waals surface area contributed by atoms with Gasteiger partial charge >= 0.3 is 6.03 Å². The van der Waals surface area contributed by atoms with Crippen LogP contribution in [0.25, 0.3) is 0 Å². The molecule has 0 bridgehead atoms. The lowest BCUT2D eigenvalue weighted by Crippen LogP contribution is -2.32. The number of hydrogen-bond acceptors (Lipinski definition) is 2. The Bertz CT molecular complexity index is 452. The fourth-order valence-corrected chi connectivity index (χ4v) is 2.05. The highest BCUT2D eigenvalue weighted by Crippen LogP contribution is 2.20. The van der Waals surface area contributed by atoms with Crippen molar-refractivity contribution in [2.75, 3.05) is 30.4 Å². The molecule has 17 heavy (non-hydrogen) atoms. The molecule has 0 spiro atoms. The first-order valence-electron chi connectivity index (χ1n) is 5.39. The minimum absolute atomic E-state index is 0.0182. The molecule has 88 valence electrons. The number of halogens is 1. The average Bonchev–Trinajstić information content (AvgIpc) is 2.72. The zero-order valence-electron chi connectivity index (χ0n) is 9.27. The molecule has 1 fully saturated rings. The van der Waals surface area contributed by atoms with Gasteiger partial charge in [0.2, 0.25) is 0 Å². The second-order valence-corrected chi connectivity index (χ2v) is 4.15. The molecule has 0 N–H and O–H groups in total. The molecule has 4 nitrogen and oxygen atoms in total. The number of amides is 2. The SMILES string of the molecule is N#Cc1ccc(N2CCN(CCCl)C2=O)cc1. The van der Waals surface area contributed by atoms with Crippen LogP contribution in [-0.2, 0) is 0 Å². The Hall–Kier alpha value is -1.73. The van der Waals surface area contributed by atoms with Crippen molar-refractivity contribution in [3.05, 3.63) is 29.8 Å². The van der Waals surface area contributed by atoms with Crippen molar-refractivity contribution >= 4 is 23.3 Å². The van der Waals surface area contributed by atoms with E-state index in [4.69, 9.17) is 16.9 Å². The number of urea groups is 1. The summed E-state index contributed by atoms with van der Waals surface area (Å²) in [5, 5.41) is 8.70. The quantitative estimate of drug-likeness (QED) is 0.770. The maximum absolute atomic E-state index is 12.0. The second-order valence-electron chi connectivity index (χ2n) is 3.77. The molecule has 0 saturated carbocycles. The summed E-state index contributed by atoms with van der Waals surface area (Å²) < 4.78 is 0. The van der Waals surface area contributed by atoms with Gasteiger partial charge < -0.3 is 4.90 Å². The average molecular weight is 250 g/mol. The van der Waals surface area contributed by atoms with E-state index in [-0.39, 0.29) is 6.03 Å². The Morgan fingerprint density at radius 2 is 2.00 bits per heavy atom. The van der Waals surface area contributed by atoms with Crippen LogP contribution in [0.5, 0.6) is 0 Å². The molecule has 2 rings (SSSR count). The van der Waals surface area contributed by atoms with E-state index < -0.39 is 0 Å². The monoisotopic (exact) mass is 249 g/mol. The lowest BCUT2D eigenvalue weighted by molar-refractivity contribution is 0.223. The first-order chi connectivity index (χ1) is 8.26. The molecule has 0 atom stereocenters. The van der Waals surface area contributed by atoms with E-state index in [2.05, 4.69) is 6.07 Å². The van der Waals surface area contributed by atoms with Crippen molar-refractivity contribution in [3.63, 3.8) is 0 Å². The van der Waals surface area contributed by atoms with E-state index in [1.807, 2.05) is 0 Å². The van der Waals surface area contributed by atoms with E-state index >= 15 is 0 Å². The maximum Gasteiger partial charge on any atom is 0.324 e. The summed E-state index contributed by atoms with van der Waals surface area (Å²) in [6.45, 7) is 1.94. The molecule has 0 aliphatic carbocycles. The van der Waals surface area contributed by atoms with Crippen molar-refractivity contribution in [1.29, 1.82) is 5.26 Å². The summed E-state index contributed by atoms with van der Waals surface area (Å²) in [7, 11) is 0. The Morgan fingerprint density at radius 3 is 2.59 bits per heavy atom. The minimum Gasteiger partial charge on any atom is -0.321 e. The third kappa shape index (κ3) is 2.34. The van der Waals surface area contributed by atoms with E-state index in [0.29, 0.717) is 31.1 Å². The Balaban J connectivity index is 2.13. The number of nitrogens with zero attached hydrogens (tertiary/aromatic N) is 3. The van der Waals surface area contributed by atoms with Crippen LogP contribution in [0.4, 0.5) is 10.5 Å². The number of anilines is 1. The molecule has 1 saturated heterocycles. The van der Waals surface area contributed by atoms with Gasteiger partial charge in [-0.25, -0.2) is 4.79 Å². The fraction of sp³-hybridized carbons (Fsp3) is 0.333. The van der Waals surface area contributed by atoms with Gasteiger partial charge in [-0.2, -0.15) is 5.26 Å². The molecular formula is C12H12ClN3O. The third-order valence-corrected chi connectivity index (χ3v) is 2.93. The Kier molecular flexibility index (Phi) is 3.50. The van der Waals surface area contributed by atoms with Crippen LogP contribution in [-0.4, -0.2) is 36.4 Å². The molecular weight excluding hydrogens is 238 g/mol. The van der Waals surface area contributed by atoms with Gasteiger partial charge in [0.1, 0.15) is 0 Å². The zero-order valence-corrected chi connectivity index (χ0v) is 10.0. The summed E-state index contributed by atoms with van der Waals surface area (Å²) in [6, 6.07) is 9.05. The lowest BCUT2D eigenvalue weighted by atomic mass is 10.2. The van der Waals surface area contributed by atoms with Gasteiger partial charge in [-0.3, -0.25) is 4.90 Å². The smallest absolute Gasteiger partial charge is 0.321 e. The van der Waals surface area contributed by atoms with Gasteiger partial charge in [-0.05, 0) is 24.3 Å². The number of carbonyl (C=O) groups excluding carboxylic acids is 1.